The van der Waals surface area contributed by atoms with Crippen LogP contribution in [0.1, 0.15) is 34.6 Å². The summed E-state index contributed by atoms with van der Waals surface area (Å²) < 4.78 is 0. The number of nitrogens with one attached hydrogen (secondary N) is 1. The Balaban J connectivity index is 4.39. The van der Waals surface area contributed by atoms with Gasteiger partial charge >= 0.3 is 0 Å². The highest BCUT2D eigenvalue weighted by molar-refractivity contribution is 5.90. The fraction of sp³-hybridized carbons (Fsp3) is 0.800. The molecule has 0 aliphatic carbocycles. The Morgan fingerprint density at radius 1 is 1.29 bits per heavy atom. The molecule has 4 nitrogen and oxygen atoms in total. The second-order valence-corrected chi connectivity index (χ2v) is 4.24. The van der Waals surface area contributed by atoms with Gasteiger partial charge in [0.1, 0.15) is 5.78 Å². The molecular weight excluding hydrogens is 180 g/mol. The molecule has 0 rings (SSSR count). The van der Waals surface area contributed by atoms with E-state index in [1.165, 1.54) is 6.92 Å². The number of carbonyl (C=O) groups is 2. The number of hydrogen-bond donors (Lipinski definition) is 2. The van der Waals surface area contributed by atoms with Gasteiger partial charge in [0.15, 0.2) is 5.78 Å². The molecule has 0 aliphatic rings. The predicted octanol–water partition coefficient (Wildman–Crippen LogP) is 0.248. The number of nitrogens with two attached hydrogens (primary N) is 1. The van der Waals surface area contributed by atoms with Crippen molar-refractivity contribution >= 4 is 11.6 Å². The van der Waals surface area contributed by atoms with Gasteiger partial charge in [-0.25, -0.2) is 0 Å². The summed E-state index contributed by atoms with van der Waals surface area (Å²) in [5.74, 6) is -0.0823. The summed E-state index contributed by atoms with van der Waals surface area (Å²) in [6.45, 7) is 8.36. The Morgan fingerprint density at radius 3 is 2.00 bits per heavy atom. The third-order valence-corrected chi connectivity index (χ3v) is 2.33. The van der Waals surface area contributed by atoms with E-state index < -0.39 is 17.6 Å². The van der Waals surface area contributed by atoms with Crippen LogP contribution in [0.2, 0.25) is 0 Å². The smallest absolute Gasteiger partial charge is 0.165 e. The Hall–Kier alpha value is -0.740. The van der Waals surface area contributed by atoms with E-state index in [9.17, 15) is 9.59 Å². The molecule has 2 atom stereocenters. The molecule has 0 bridgehead atoms. The number of carbonyl (C=O) groups excluding carboxylic acids is 2. The fourth-order valence-corrected chi connectivity index (χ4v) is 1.11. The van der Waals surface area contributed by atoms with E-state index in [0.717, 1.165) is 0 Å². The first-order valence-corrected chi connectivity index (χ1v) is 4.76. The molecule has 0 aliphatic heterocycles. The van der Waals surface area contributed by atoms with Gasteiger partial charge in [-0.15, -0.1) is 0 Å². The molecule has 0 heterocycles. The first kappa shape index (κ1) is 13.3. The molecular formula is C10H20N2O2. The molecule has 0 aromatic carbocycles. The lowest BCUT2D eigenvalue weighted by Crippen LogP contribution is -2.54. The van der Waals surface area contributed by atoms with Crippen LogP contribution in [0.15, 0.2) is 0 Å². The highest BCUT2D eigenvalue weighted by Gasteiger charge is 2.28. The second kappa shape index (κ2) is 4.66. The number of hydrogen-bond acceptors (Lipinski definition) is 4. The molecule has 0 fully saturated rings. The van der Waals surface area contributed by atoms with E-state index in [0.29, 0.717) is 0 Å². The predicted molar refractivity (Wildman–Crippen MR) is 56.0 cm³/mol. The van der Waals surface area contributed by atoms with E-state index >= 15 is 0 Å². The molecule has 0 saturated carbocycles. The summed E-state index contributed by atoms with van der Waals surface area (Å²) in [6.07, 6.45) is 0. The van der Waals surface area contributed by atoms with Crippen LogP contribution in [-0.2, 0) is 9.59 Å². The molecule has 4 heteroatoms. The minimum absolute atomic E-state index is 0.00169. The highest BCUT2D eigenvalue weighted by Crippen LogP contribution is 2.06. The summed E-state index contributed by atoms with van der Waals surface area (Å²) in [5.41, 5.74) is 4.78. The van der Waals surface area contributed by atoms with Gasteiger partial charge in [0.2, 0.25) is 0 Å². The largest absolute Gasteiger partial charge is 0.322 e. The van der Waals surface area contributed by atoms with E-state index in [1.54, 1.807) is 27.7 Å². The molecule has 0 spiro atoms. The Morgan fingerprint density at radius 2 is 1.71 bits per heavy atom. The van der Waals surface area contributed by atoms with E-state index in [2.05, 4.69) is 5.32 Å². The van der Waals surface area contributed by atoms with Crippen molar-refractivity contribution in [2.75, 3.05) is 0 Å². The second-order valence-electron chi connectivity index (χ2n) is 4.24. The lowest BCUT2D eigenvalue weighted by atomic mass is 9.97. The standard InChI is InChI=1S/C10H20N2O2/c1-6(11)9(14)7(2)12-10(4,5)8(3)13/h6-7,12H,11H2,1-5H3/t6?,7-/m0/s1. The van der Waals surface area contributed by atoms with Crippen LogP contribution >= 0.6 is 0 Å². The lowest BCUT2D eigenvalue weighted by Gasteiger charge is -2.27. The van der Waals surface area contributed by atoms with Gasteiger partial charge in [-0.3, -0.25) is 14.9 Å². The van der Waals surface area contributed by atoms with Gasteiger partial charge in [-0.1, -0.05) is 0 Å². The fourth-order valence-electron chi connectivity index (χ4n) is 1.11. The first-order chi connectivity index (χ1) is 6.18. The van der Waals surface area contributed by atoms with Gasteiger partial charge in [-0.05, 0) is 34.6 Å². The van der Waals surface area contributed by atoms with Crippen LogP contribution in [0.4, 0.5) is 0 Å². The van der Waals surface area contributed by atoms with Crippen molar-refractivity contribution in [3.8, 4) is 0 Å². The summed E-state index contributed by atoms with van der Waals surface area (Å²) in [6, 6.07) is -0.894. The third-order valence-electron chi connectivity index (χ3n) is 2.33. The van der Waals surface area contributed by atoms with Gasteiger partial charge in [0, 0.05) is 0 Å². The van der Waals surface area contributed by atoms with Crippen molar-refractivity contribution in [1.29, 1.82) is 0 Å². The molecule has 14 heavy (non-hydrogen) atoms. The SMILES string of the molecule is CC(=O)C(C)(C)N[C@@H](C)C(=O)C(C)N. The van der Waals surface area contributed by atoms with Gasteiger partial charge in [-0.2, -0.15) is 0 Å². The summed E-state index contributed by atoms with van der Waals surface area (Å²) in [5, 5.41) is 2.96. The lowest BCUT2D eigenvalue weighted by molar-refractivity contribution is -0.125. The van der Waals surface area contributed by atoms with E-state index in [4.69, 9.17) is 5.73 Å². The van der Waals surface area contributed by atoms with Crippen LogP contribution in [0.25, 0.3) is 0 Å². The average molecular weight is 200 g/mol. The van der Waals surface area contributed by atoms with Crippen LogP contribution in [0.5, 0.6) is 0 Å². The zero-order valence-electron chi connectivity index (χ0n) is 9.55. The normalized spacial score (nSPS) is 16.1. The van der Waals surface area contributed by atoms with Crippen LogP contribution < -0.4 is 11.1 Å². The van der Waals surface area contributed by atoms with Crippen molar-refractivity contribution in [2.24, 2.45) is 5.73 Å². The Bertz CT molecular complexity index is 234. The van der Waals surface area contributed by atoms with Crippen LogP contribution in [0.3, 0.4) is 0 Å². The molecule has 0 saturated heterocycles. The minimum atomic E-state index is -0.677. The third kappa shape index (κ3) is 3.55. The van der Waals surface area contributed by atoms with Crippen molar-refractivity contribution in [3.05, 3.63) is 0 Å². The maximum atomic E-state index is 11.4. The summed E-state index contributed by atoms with van der Waals surface area (Å²) >= 11 is 0. The Labute approximate surface area is 85.2 Å². The first-order valence-electron chi connectivity index (χ1n) is 4.76. The zero-order chi connectivity index (χ0) is 11.5. The topological polar surface area (TPSA) is 72.2 Å². The van der Waals surface area contributed by atoms with Crippen molar-refractivity contribution < 1.29 is 9.59 Å². The summed E-state index contributed by atoms with van der Waals surface area (Å²) in [4.78, 5) is 22.6. The van der Waals surface area contributed by atoms with E-state index in [-0.39, 0.29) is 11.6 Å². The monoisotopic (exact) mass is 200 g/mol. The molecule has 82 valence electrons. The number of rotatable bonds is 5. The molecule has 0 aromatic heterocycles. The molecule has 0 amide bonds. The average Bonchev–Trinajstić information content (AvgIpc) is 2.01. The maximum Gasteiger partial charge on any atom is 0.165 e. The Kier molecular flexibility index (Phi) is 4.42. The van der Waals surface area contributed by atoms with Gasteiger partial charge < -0.3 is 5.73 Å². The zero-order valence-corrected chi connectivity index (χ0v) is 9.55. The van der Waals surface area contributed by atoms with E-state index in [1.807, 2.05) is 0 Å². The van der Waals surface area contributed by atoms with Gasteiger partial charge in [0.25, 0.3) is 0 Å². The quantitative estimate of drug-likeness (QED) is 0.667. The van der Waals surface area contributed by atoms with Crippen LogP contribution in [0, 0.1) is 0 Å². The van der Waals surface area contributed by atoms with Crippen molar-refractivity contribution in [3.63, 3.8) is 0 Å². The number of Topliss-reactive ketones (excluding diaryl/α,β-unsaturated/α-hetero) is 2. The van der Waals surface area contributed by atoms with Crippen LogP contribution in [-0.4, -0.2) is 29.2 Å². The minimum Gasteiger partial charge on any atom is -0.322 e. The summed E-state index contributed by atoms with van der Waals surface area (Å²) in [7, 11) is 0. The molecule has 0 radical (unpaired) electrons. The van der Waals surface area contributed by atoms with Crippen molar-refractivity contribution in [1.82, 2.24) is 5.32 Å². The highest BCUT2D eigenvalue weighted by atomic mass is 16.1. The number of ketones is 2. The molecule has 1 unspecified atom stereocenters. The van der Waals surface area contributed by atoms with Crippen molar-refractivity contribution in [2.45, 2.75) is 52.2 Å². The van der Waals surface area contributed by atoms with Gasteiger partial charge in [0.05, 0.1) is 17.6 Å². The molecule has 3 N–H and O–H groups in total. The maximum absolute atomic E-state index is 11.4. The molecule has 0 aromatic rings.